The Hall–Kier alpha value is -0.920. The third-order valence-electron chi connectivity index (χ3n) is 4.87. The van der Waals surface area contributed by atoms with Gasteiger partial charge in [-0.15, -0.1) is 0 Å². The first kappa shape index (κ1) is 21.4. The predicted octanol–water partition coefficient (Wildman–Crippen LogP) is 1.18. The SMILES string of the molecule is [O-][N+](O)(O)C1(C2=NNSC=C2)CCCCCCC1([N+]([O-])(O)O)[N+]([O-])(O)O. The molecule has 150 valence electrons. The fourth-order valence-electron chi connectivity index (χ4n) is 3.79. The van der Waals surface area contributed by atoms with Gasteiger partial charge in [-0.1, -0.05) is 12.8 Å². The van der Waals surface area contributed by atoms with Crippen LogP contribution in [0, 0.1) is 15.6 Å². The average molecular weight is 399 g/mol. The molecule has 1 aliphatic carbocycles. The van der Waals surface area contributed by atoms with Crippen LogP contribution in [0.3, 0.4) is 0 Å². The molecule has 1 atom stereocenters. The molecule has 1 unspecified atom stereocenters. The minimum Gasteiger partial charge on any atom is -0.563 e. The zero-order valence-electron chi connectivity index (χ0n) is 13.5. The van der Waals surface area contributed by atoms with Crippen LogP contribution in [0.2, 0.25) is 0 Å². The zero-order valence-corrected chi connectivity index (χ0v) is 14.3. The average Bonchev–Trinajstić information content (AvgIpc) is 2.44. The van der Waals surface area contributed by atoms with Gasteiger partial charge in [-0.25, -0.2) is 4.83 Å². The molecular weight excluding hydrogens is 378 g/mol. The molecule has 1 aliphatic heterocycles. The molecule has 0 bridgehead atoms. The largest absolute Gasteiger partial charge is 0.563 e. The summed E-state index contributed by atoms with van der Waals surface area (Å²) >= 11 is 0.890. The van der Waals surface area contributed by atoms with Crippen LogP contribution < -0.4 is 4.83 Å². The Labute approximate surface area is 151 Å². The van der Waals surface area contributed by atoms with Crippen molar-refractivity contribution in [3.05, 3.63) is 27.1 Å². The molecular formula is C11H21N5O9S. The van der Waals surface area contributed by atoms with E-state index in [1.54, 1.807) is 0 Å². The van der Waals surface area contributed by atoms with E-state index in [-0.39, 0.29) is 12.8 Å². The molecule has 2 rings (SSSR count). The Morgan fingerprint density at radius 3 is 1.85 bits per heavy atom. The minimum absolute atomic E-state index is 0.0190. The summed E-state index contributed by atoms with van der Waals surface area (Å²) in [4.78, 5) is -8.42. The fourth-order valence-corrected chi connectivity index (χ4v) is 4.20. The van der Waals surface area contributed by atoms with E-state index in [0.717, 1.165) is 18.0 Å². The second kappa shape index (κ2) is 6.91. The van der Waals surface area contributed by atoms with E-state index in [0.29, 0.717) is 12.8 Å². The van der Waals surface area contributed by atoms with Crippen molar-refractivity contribution < 1.29 is 46.2 Å². The molecule has 7 N–H and O–H groups in total. The van der Waals surface area contributed by atoms with Gasteiger partial charge in [-0.05, 0) is 51.2 Å². The second-order valence-electron chi connectivity index (χ2n) is 6.23. The Kier molecular flexibility index (Phi) is 5.68. The first-order chi connectivity index (χ1) is 11.8. The van der Waals surface area contributed by atoms with Crippen LogP contribution in [0.15, 0.2) is 16.6 Å². The van der Waals surface area contributed by atoms with Gasteiger partial charge in [0.2, 0.25) is 0 Å². The Morgan fingerprint density at radius 1 is 0.885 bits per heavy atom. The van der Waals surface area contributed by atoms with E-state index in [4.69, 9.17) is 0 Å². The summed E-state index contributed by atoms with van der Waals surface area (Å²) in [5.74, 6) is 0. The molecule has 0 radical (unpaired) electrons. The summed E-state index contributed by atoms with van der Waals surface area (Å²) in [5.41, 5.74) is -7.50. The summed E-state index contributed by atoms with van der Waals surface area (Å²) in [7, 11) is 0. The van der Waals surface area contributed by atoms with Gasteiger partial charge in [0, 0.05) is 6.42 Å². The molecule has 0 spiro atoms. The number of quaternary nitrogens is 3. The number of rotatable bonds is 4. The van der Waals surface area contributed by atoms with Gasteiger partial charge in [-0.3, -0.25) is 0 Å². The molecule has 0 aromatic heterocycles. The summed E-state index contributed by atoms with van der Waals surface area (Å²) < 4.78 is 0. The monoisotopic (exact) mass is 399 g/mol. The number of hydrazone groups is 1. The molecule has 0 saturated heterocycles. The molecule has 26 heavy (non-hydrogen) atoms. The molecule has 0 amide bonds. The van der Waals surface area contributed by atoms with Crippen molar-refractivity contribution in [2.75, 3.05) is 0 Å². The topological polar surface area (TPSA) is 215 Å². The van der Waals surface area contributed by atoms with Gasteiger partial charge < -0.3 is 15.6 Å². The van der Waals surface area contributed by atoms with Crippen LogP contribution >= 0.6 is 11.9 Å². The fraction of sp³-hybridized carbons (Fsp3) is 0.727. The number of nitrogens with one attached hydrogen (secondary N) is 1. The second-order valence-corrected chi connectivity index (χ2v) is 6.92. The van der Waals surface area contributed by atoms with E-state index in [9.17, 15) is 46.9 Å². The van der Waals surface area contributed by atoms with Gasteiger partial charge in [0.25, 0.3) is 0 Å². The van der Waals surface area contributed by atoms with E-state index in [1.807, 2.05) is 0 Å². The van der Waals surface area contributed by atoms with E-state index >= 15 is 0 Å². The summed E-state index contributed by atoms with van der Waals surface area (Å²) in [6.45, 7) is 0. The maximum atomic E-state index is 12.4. The first-order valence-corrected chi connectivity index (χ1v) is 8.51. The van der Waals surface area contributed by atoms with Gasteiger partial charge in [0.15, 0.2) is 0 Å². The van der Waals surface area contributed by atoms with Crippen molar-refractivity contribution in [1.29, 1.82) is 0 Å². The van der Waals surface area contributed by atoms with Gasteiger partial charge in [0.1, 0.15) is 5.71 Å². The van der Waals surface area contributed by atoms with Crippen LogP contribution in [0.25, 0.3) is 0 Å². The lowest BCUT2D eigenvalue weighted by Gasteiger charge is -2.58. The quantitative estimate of drug-likeness (QED) is 0.154. The predicted molar refractivity (Wildman–Crippen MR) is 82.1 cm³/mol. The molecule has 1 heterocycles. The van der Waals surface area contributed by atoms with Crippen LogP contribution in [0.4, 0.5) is 0 Å². The normalized spacial score (nSPS) is 28.0. The number of hydrogen-bond acceptors (Lipinski definition) is 12. The van der Waals surface area contributed by atoms with Gasteiger partial charge in [0.05, 0.1) is 6.42 Å². The summed E-state index contributed by atoms with van der Waals surface area (Å²) in [6, 6.07) is 0. The number of nitrogens with zero attached hydrogens (tertiary/aromatic N) is 4. The molecule has 0 aromatic rings. The van der Waals surface area contributed by atoms with Crippen molar-refractivity contribution in [3.8, 4) is 0 Å². The summed E-state index contributed by atoms with van der Waals surface area (Å²) in [5, 5.41) is 101. The summed E-state index contributed by atoms with van der Waals surface area (Å²) in [6.07, 6.45) is 0.0838. The lowest BCUT2D eigenvalue weighted by molar-refractivity contribution is -1.43. The lowest BCUT2D eigenvalue weighted by Crippen LogP contribution is -2.88. The highest BCUT2D eigenvalue weighted by atomic mass is 32.2. The highest BCUT2D eigenvalue weighted by Crippen LogP contribution is 2.51. The Balaban J connectivity index is 2.92. The molecule has 14 nitrogen and oxygen atoms in total. The van der Waals surface area contributed by atoms with Crippen LogP contribution in [0.1, 0.15) is 38.5 Å². The molecule has 0 aromatic carbocycles. The Morgan fingerprint density at radius 2 is 1.42 bits per heavy atom. The van der Waals surface area contributed by atoms with Crippen molar-refractivity contribution in [1.82, 2.24) is 4.83 Å². The van der Waals surface area contributed by atoms with Crippen LogP contribution in [0.5, 0.6) is 0 Å². The van der Waals surface area contributed by atoms with E-state index in [1.165, 1.54) is 5.41 Å². The maximum Gasteiger partial charge on any atom is 0.412 e. The Bertz CT molecular complexity index is 568. The maximum absolute atomic E-state index is 12.4. The molecule has 1 saturated carbocycles. The minimum atomic E-state index is -3.70. The first-order valence-electron chi connectivity index (χ1n) is 7.63. The van der Waals surface area contributed by atoms with E-state index < -0.39 is 44.7 Å². The van der Waals surface area contributed by atoms with Gasteiger partial charge in [-0.2, -0.15) is 36.3 Å². The third-order valence-corrected chi connectivity index (χ3v) is 5.34. The van der Waals surface area contributed by atoms with Crippen molar-refractivity contribution in [2.45, 2.75) is 49.7 Å². The number of hydrogen-bond donors (Lipinski definition) is 7. The van der Waals surface area contributed by atoms with Gasteiger partial charge >= 0.3 is 11.2 Å². The third kappa shape index (κ3) is 3.12. The zero-order chi connectivity index (χ0) is 19.9. The highest BCUT2D eigenvalue weighted by molar-refractivity contribution is 8.00. The molecule has 1 fully saturated rings. The van der Waals surface area contributed by atoms with Crippen molar-refractivity contribution in [3.63, 3.8) is 0 Å². The van der Waals surface area contributed by atoms with Crippen molar-refractivity contribution >= 4 is 17.7 Å². The van der Waals surface area contributed by atoms with Crippen LogP contribution in [-0.4, -0.2) is 63.1 Å². The number of hydroxylamine groups is 9. The standard InChI is InChI=1S/C11H21N5O9S/c17-14(18,19)10(9-5-8-26-13-12-9)6-3-1-2-4-7-11(10,15(20,21)22)16(23,24)25/h5,8,13,17-18,20-21,23-24H,1-4,6-7H2. The smallest absolute Gasteiger partial charge is 0.412 e. The molecule has 15 heteroatoms. The highest BCUT2D eigenvalue weighted by Gasteiger charge is 2.84. The van der Waals surface area contributed by atoms with Crippen molar-refractivity contribution in [2.24, 2.45) is 5.10 Å². The lowest BCUT2D eigenvalue weighted by atomic mass is 9.71. The van der Waals surface area contributed by atoms with Crippen LogP contribution in [-0.2, 0) is 0 Å². The molecule has 2 aliphatic rings. The van der Waals surface area contributed by atoms with E-state index in [2.05, 4.69) is 9.93 Å².